The average molecular weight is 259 g/mol. The monoisotopic (exact) mass is 259 g/mol. The van der Waals surface area contributed by atoms with Crippen molar-refractivity contribution in [3.05, 3.63) is 59.7 Å². The molecule has 0 nitrogen and oxygen atoms in total. The minimum absolute atomic E-state index is 0. The molecule has 0 N–H and O–H groups in total. The fourth-order valence-electron chi connectivity index (χ4n) is 3.34. The van der Waals surface area contributed by atoms with Gasteiger partial charge in [0.25, 0.3) is 0 Å². The van der Waals surface area contributed by atoms with Crippen molar-refractivity contribution in [3.63, 3.8) is 0 Å². The zero-order valence-corrected chi connectivity index (χ0v) is 12.2. The predicted octanol–water partition coefficient (Wildman–Crippen LogP) is 4.49. The van der Waals surface area contributed by atoms with E-state index in [1.54, 1.807) is 11.1 Å². The van der Waals surface area contributed by atoms with E-state index in [1.165, 1.54) is 47.2 Å². The van der Waals surface area contributed by atoms with E-state index in [9.17, 15) is 0 Å². The summed E-state index contributed by atoms with van der Waals surface area (Å²) >= 11 is 0. The standard InChI is InChI=1S/C18H16.Al/c1-3-7-15-13(5-1)9-11-18-16-8-4-2-6-14(16)10-12-17(15)18;/h1,3,5,7,9-12H,2,4,6,8H2;. The van der Waals surface area contributed by atoms with E-state index in [2.05, 4.69) is 48.5 Å². The van der Waals surface area contributed by atoms with Crippen LogP contribution in [-0.4, -0.2) is 17.4 Å². The summed E-state index contributed by atoms with van der Waals surface area (Å²) in [7, 11) is 0. The highest BCUT2D eigenvalue weighted by molar-refractivity contribution is 6.08. The van der Waals surface area contributed by atoms with Gasteiger partial charge in [-0.25, -0.2) is 0 Å². The van der Waals surface area contributed by atoms with Gasteiger partial charge in [0, 0.05) is 17.4 Å². The number of aryl methyl sites for hydroxylation is 2. The normalized spacial score (nSPS) is 14.1. The number of fused-ring (bicyclic) bond motifs is 5. The Morgan fingerprint density at radius 3 is 2.37 bits per heavy atom. The van der Waals surface area contributed by atoms with E-state index in [0.29, 0.717) is 0 Å². The van der Waals surface area contributed by atoms with Crippen LogP contribution in [0.2, 0.25) is 0 Å². The van der Waals surface area contributed by atoms with Gasteiger partial charge in [-0.15, -0.1) is 0 Å². The molecular formula is C18H16Al. The third-order valence-electron chi connectivity index (χ3n) is 4.26. The molecule has 91 valence electrons. The number of hydrogen-bond donors (Lipinski definition) is 0. The molecule has 1 aliphatic carbocycles. The molecule has 0 unspecified atom stereocenters. The number of rotatable bonds is 0. The molecule has 0 saturated carbocycles. The van der Waals surface area contributed by atoms with Crippen molar-refractivity contribution in [2.24, 2.45) is 0 Å². The molecule has 1 aliphatic rings. The topological polar surface area (TPSA) is 0 Å². The summed E-state index contributed by atoms with van der Waals surface area (Å²) in [4.78, 5) is 0. The van der Waals surface area contributed by atoms with Crippen molar-refractivity contribution < 1.29 is 0 Å². The quantitative estimate of drug-likeness (QED) is 0.412. The third kappa shape index (κ3) is 1.98. The summed E-state index contributed by atoms with van der Waals surface area (Å²) in [5.74, 6) is 0. The van der Waals surface area contributed by atoms with E-state index >= 15 is 0 Å². The Kier molecular flexibility index (Phi) is 3.35. The van der Waals surface area contributed by atoms with Crippen LogP contribution >= 0.6 is 0 Å². The maximum Gasteiger partial charge on any atom is 0 e. The average Bonchev–Trinajstić information content (AvgIpc) is 2.46. The molecule has 0 fully saturated rings. The molecule has 0 amide bonds. The van der Waals surface area contributed by atoms with Gasteiger partial charge in [0.15, 0.2) is 0 Å². The molecule has 3 aromatic rings. The molecule has 3 radical (unpaired) electrons. The van der Waals surface area contributed by atoms with Crippen LogP contribution in [0.1, 0.15) is 24.0 Å². The zero-order valence-electron chi connectivity index (χ0n) is 11.0. The smallest absolute Gasteiger partial charge is 0 e. The molecule has 0 aromatic heterocycles. The van der Waals surface area contributed by atoms with Gasteiger partial charge in [0.05, 0.1) is 0 Å². The van der Waals surface area contributed by atoms with Gasteiger partial charge in [0.2, 0.25) is 0 Å². The molecular weight excluding hydrogens is 243 g/mol. The SMILES string of the molecule is [Al].c1ccc2c(c1)ccc1c3c(ccc12)CCCC3. The van der Waals surface area contributed by atoms with Gasteiger partial charge in [-0.05, 0) is 58.4 Å². The van der Waals surface area contributed by atoms with E-state index in [4.69, 9.17) is 0 Å². The highest BCUT2D eigenvalue weighted by Crippen LogP contribution is 2.32. The highest BCUT2D eigenvalue weighted by atomic mass is 27.0. The first kappa shape index (κ1) is 12.7. The van der Waals surface area contributed by atoms with Gasteiger partial charge in [-0.1, -0.05) is 48.5 Å². The molecule has 19 heavy (non-hydrogen) atoms. The molecule has 0 bridgehead atoms. The summed E-state index contributed by atoms with van der Waals surface area (Å²) in [5, 5.41) is 5.64. The predicted molar refractivity (Wildman–Crippen MR) is 83.9 cm³/mol. The molecule has 0 heterocycles. The van der Waals surface area contributed by atoms with Crippen molar-refractivity contribution in [1.29, 1.82) is 0 Å². The summed E-state index contributed by atoms with van der Waals surface area (Å²) in [6, 6.07) is 18.0. The van der Waals surface area contributed by atoms with E-state index in [-0.39, 0.29) is 17.4 Å². The van der Waals surface area contributed by atoms with E-state index in [0.717, 1.165) is 0 Å². The lowest BCUT2D eigenvalue weighted by atomic mass is 9.86. The largest absolute Gasteiger partial charge is 0.0616 e. The first-order valence-electron chi connectivity index (χ1n) is 6.86. The molecule has 0 aliphatic heterocycles. The van der Waals surface area contributed by atoms with E-state index < -0.39 is 0 Å². The van der Waals surface area contributed by atoms with Crippen molar-refractivity contribution in [3.8, 4) is 0 Å². The second-order valence-corrected chi connectivity index (χ2v) is 5.29. The first-order valence-corrected chi connectivity index (χ1v) is 6.86. The minimum Gasteiger partial charge on any atom is -0.0616 e. The Balaban J connectivity index is 0.00000110. The van der Waals surface area contributed by atoms with Crippen LogP contribution < -0.4 is 0 Å². The summed E-state index contributed by atoms with van der Waals surface area (Å²) in [5.41, 5.74) is 3.17. The Morgan fingerprint density at radius 1 is 0.632 bits per heavy atom. The van der Waals surface area contributed by atoms with Gasteiger partial charge in [-0.3, -0.25) is 0 Å². The van der Waals surface area contributed by atoms with Crippen LogP contribution in [0.15, 0.2) is 48.5 Å². The van der Waals surface area contributed by atoms with Crippen molar-refractivity contribution in [2.75, 3.05) is 0 Å². The number of hydrogen-bond acceptors (Lipinski definition) is 0. The summed E-state index contributed by atoms with van der Waals surface area (Å²) in [6.07, 6.45) is 5.22. The minimum atomic E-state index is 0. The van der Waals surface area contributed by atoms with Crippen molar-refractivity contribution in [2.45, 2.75) is 25.7 Å². The third-order valence-corrected chi connectivity index (χ3v) is 4.26. The van der Waals surface area contributed by atoms with Crippen molar-refractivity contribution >= 4 is 38.9 Å². The fraction of sp³-hybridized carbons (Fsp3) is 0.222. The number of benzene rings is 3. The summed E-state index contributed by atoms with van der Waals surface area (Å²) < 4.78 is 0. The zero-order chi connectivity index (χ0) is 11.9. The van der Waals surface area contributed by atoms with Crippen LogP contribution in [0.25, 0.3) is 21.5 Å². The highest BCUT2D eigenvalue weighted by Gasteiger charge is 2.12. The first-order chi connectivity index (χ1) is 8.93. The van der Waals surface area contributed by atoms with Gasteiger partial charge in [-0.2, -0.15) is 0 Å². The maximum absolute atomic E-state index is 2.35. The van der Waals surface area contributed by atoms with E-state index in [1.807, 2.05) is 0 Å². The van der Waals surface area contributed by atoms with Crippen LogP contribution in [0, 0.1) is 0 Å². The van der Waals surface area contributed by atoms with Crippen LogP contribution in [0.3, 0.4) is 0 Å². The molecule has 3 aromatic carbocycles. The lowest BCUT2D eigenvalue weighted by Crippen LogP contribution is -2.02. The second kappa shape index (κ2) is 5.00. The Morgan fingerprint density at radius 2 is 1.42 bits per heavy atom. The Hall–Kier alpha value is -1.29. The van der Waals surface area contributed by atoms with Crippen molar-refractivity contribution in [1.82, 2.24) is 0 Å². The molecule has 1 heteroatoms. The van der Waals surface area contributed by atoms with Gasteiger partial charge in [0.1, 0.15) is 0 Å². The Bertz CT molecular complexity index is 743. The molecule has 4 rings (SSSR count). The Labute approximate surface area is 124 Å². The van der Waals surface area contributed by atoms with Gasteiger partial charge < -0.3 is 0 Å². The molecule has 0 saturated heterocycles. The van der Waals surface area contributed by atoms with Gasteiger partial charge >= 0.3 is 0 Å². The fourth-order valence-corrected chi connectivity index (χ4v) is 3.34. The lowest BCUT2D eigenvalue weighted by Gasteiger charge is -2.18. The van der Waals surface area contributed by atoms with Crippen LogP contribution in [0.4, 0.5) is 0 Å². The molecule has 0 atom stereocenters. The maximum atomic E-state index is 2.35. The van der Waals surface area contributed by atoms with Crippen LogP contribution in [-0.2, 0) is 12.8 Å². The second-order valence-electron chi connectivity index (χ2n) is 5.29. The lowest BCUT2D eigenvalue weighted by molar-refractivity contribution is 0.690. The summed E-state index contributed by atoms with van der Waals surface area (Å²) in [6.45, 7) is 0. The van der Waals surface area contributed by atoms with Crippen LogP contribution in [0.5, 0.6) is 0 Å². The molecule has 0 spiro atoms.